The molecule has 0 saturated heterocycles. The van der Waals surface area contributed by atoms with Gasteiger partial charge in [-0.2, -0.15) is 0 Å². The molecule has 792 valence electrons. The van der Waals surface area contributed by atoms with Crippen molar-refractivity contribution in [3.63, 3.8) is 0 Å². The number of guanidine groups is 1. The molecule has 30 N–H and O–H groups in total. The van der Waals surface area contributed by atoms with Crippen molar-refractivity contribution in [1.82, 2.24) is 95.7 Å². The number of carboxylic acid groups (broad SMARTS) is 5. The molecule has 0 aliphatic rings. The van der Waals surface area contributed by atoms with Gasteiger partial charge < -0.3 is 138 Å². The number of nitrogens with one attached hydrogen (secondary N) is 19. The van der Waals surface area contributed by atoms with E-state index in [2.05, 4.69) is 95.7 Å². The molecule has 49 nitrogen and oxygen atoms in total. The van der Waals surface area contributed by atoms with Crippen LogP contribution in [0.15, 0.2) is 60.7 Å². The predicted octanol–water partition coefficient (Wildman–Crippen LogP) is -2.98. The number of unbranched alkanes of at least 4 members (excludes halogenated alkanes) is 2. The molecule has 0 fully saturated rings. The zero-order valence-corrected chi connectivity index (χ0v) is 82.7. The Hall–Kier alpha value is -14.0. The summed E-state index contributed by atoms with van der Waals surface area (Å²) in [5.41, 5.74) is 18.1. The fraction of sp³-hybridized carbons (Fsp3) is 0.624. The van der Waals surface area contributed by atoms with Gasteiger partial charge in [0.1, 0.15) is 90.6 Å². The number of aliphatic carboxylic acids is 5. The van der Waals surface area contributed by atoms with Gasteiger partial charge in [-0.05, 0) is 139 Å². The number of amides is 17. The van der Waals surface area contributed by atoms with Gasteiger partial charge in [-0.3, -0.25) is 111 Å². The topological polar surface area (TPSA) is 795 Å². The molecule has 0 unspecified atom stereocenters. The van der Waals surface area contributed by atoms with Gasteiger partial charge in [0, 0.05) is 58.7 Å². The molecular formula is C93H148N22O27. The van der Waals surface area contributed by atoms with E-state index in [4.69, 9.17) is 22.6 Å². The van der Waals surface area contributed by atoms with Crippen molar-refractivity contribution in [3.8, 4) is 0 Å². The number of likely N-dealkylation sites (N-methyl/N-ethyl adjacent to an activating group) is 1. The second-order valence-corrected chi connectivity index (χ2v) is 36.0. The average Bonchev–Trinajstić information content (AvgIpc) is 0.831. The van der Waals surface area contributed by atoms with Gasteiger partial charge in [-0.15, -0.1) is 0 Å². The minimum Gasteiger partial charge on any atom is -0.481 e. The number of nitrogens with two attached hydrogens (primary N) is 3. The first kappa shape index (κ1) is 124. The van der Waals surface area contributed by atoms with Crippen molar-refractivity contribution < 1.29 is 131 Å². The predicted molar refractivity (Wildman–Crippen MR) is 515 cm³/mol. The number of carbonyl (C=O) groups excluding carboxylic acids is 17. The van der Waals surface area contributed by atoms with Crippen LogP contribution in [0.25, 0.3) is 0 Å². The van der Waals surface area contributed by atoms with Crippen LogP contribution in [0.5, 0.6) is 0 Å². The Kier molecular flexibility index (Phi) is 57.5. The van der Waals surface area contributed by atoms with E-state index in [1.165, 1.54) is 27.8 Å². The molecule has 2 rings (SSSR count). The standard InChI is InChI=1S/C93H148N22O27/c1-13-15-29-57(104-84(134)61(32-37-69(95)116)105-82(132)58(30-22-23-42-94)103-77(127)53(10)102-88(138)66(44-49(3)4)112-87(137)65(47-74(125)126)100-48-56-27-20-17-21-28-56)81(131)107-63(35-40-72(121)122)86(136)108-64(36-41-73(123)124)85(135)106-62(34-39-71(119)120)80(130)101-54(11)78(128)114-75(51(7)8)91(141)109-59(31-24-43-99-93(96)97)83(133)111-67(45-50(5)6)89(139)113-68(46-55-25-18-16-19-26-55)90(140)115-76(52(9)14-2)92(142)110-60(79(129)98-12)33-38-70(117)118/h16-21,25-28,49-54,57-68,75-76,100H,13-15,22-24,29-48,94H2,1-12H3,(H2,95,116)(H,98,129)(H,101,130)(H,102,138)(H,103,127)(H,104,134)(H,105,132)(H,106,135)(H,107,131)(H,108,136)(H,109,141)(H,110,142)(H,111,133)(H,112,137)(H,113,139)(H,114,128)(H,115,140)(H,117,118)(H,119,120)(H,121,122)(H,123,124)(H,125,126)(H4,96,97,99)/t52-,53+,54-,57-,58-,59+,60-,61-,62-,63-,64-,65-,66-,67-,68-,75-,76-/m0/s1. The number of benzene rings is 2. The lowest BCUT2D eigenvalue weighted by molar-refractivity contribution is -0.140. The summed E-state index contributed by atoms with van der Waals surface area (Å²) in [6, 6.07) is -8.03. The normalized spacial score (nSPS) is 14.7. The van der Waals surface area contributed by atoms with E-state index in [-0.39, 0.29) is 95.7 Å². The summed E-state index contributed by atoms with van der Waals surface area (Å²) < 4.78 is 0. The van der Waals surface area contributed by atoms with Crippen molar-refractivity contribution in [2.24, 2.45) is 40.9 Å². The Morgan fingerprint density at radius 2 is 0.648 bits per heavy atom. The van der Waals surface area contributed by atoms with Gasteiger partial charge in [0.05, 0.1) is 12.5 Å². The molecule has 17 amide bonds. The molecule has 142 heavy (non-hydrogen) atoms. The minimum absolute atomic E-state index is 0.0237. The number of hydrogen-bond donors (Lipinski definition) is 27. The zero-order chi connectivity index (χ0) is 107. The number of carboxylic acids is 5. The summed E-state index contributed by atoms with van der Waals surface area (Å²) in [6.07, 6.45) is -6.94. The summed E-state index contributed by atoms with van der Waals surface area (Å²) in [4.78, 5) is 300. The smallest absolute Gasteiger partial charge is 0.305 e. The van der Waals surface area contributed by atoms with E-state index < -0.39 is 309 Å². The second-order valence-electron chi connectivity index (χ2n) is 36.0. The van der Waals surface area contributed by atoms with E-state index in [0.29, 0.717) is 24.8 Å². The number of hydrogen-bond acceptors (Lipinski definition) is 25. The van der Waals surface area contributed by atoms with Crippen molar-refractivity contribution in [2.75, 3.05) is 20.1 Å². The van der Waals surface area contributed by atoms with E-state index in [1.807, 2.05) is 0 Å². The largest absolute Gasteiger partial charge is 0.481 e. The average molecular weight is 2010 g/mol. The highest BCUT2D eigenvalue weighted by atomic mass is 16.4. The molecule has 0 bridgehead atoms. The maximum absolute atomic E-state index is 14.7. The van der Waals surface area contributed by atoms with Crippen molar-refractivity contribution in [1.29, 1.82) is 5.41 Å². The quantitative estimate of drug-likeness (QED) is 0.0179. The van der Waals surface area contributed by atoms with Crippen LogP contribution in [0.2, 0.25) is 0 Å². The van der Waals surface area contributed by atoms with E-state index in [9.17, 15) is 131 Å². The zero-order valence-electron chi connectivity index (χ0n) is 82.7. The van der Waals surface area contributed by atoms with E-state index in [0.717, 1.165) is 12.5 Å². The van der Waals surface area contributed by atoms with Gasteiger partial charge in [-0.25, -0.2) is 0 Å². The monoisotopic (exact) mass is 2010 g/mol. The van der Waals surface area contributed by atoms with Crippen LogP contribution in [-0.2, 0) is 118 Å². The molecule has 0 aliphatic heterocycles. The highest BCUT2D eigenvalue weighted by molar-refractivity contribution is 6.02. The molecular weight excluding hydrogens is 1860 g/mol. The summed E-state index contributed by atoms with van der Waals surface area (Å²) in [5, 5.41) is 102. The second kappa shape index (κ2) is 65.8. The van der Waals surface area contributed by atoms with E-state index >= 15 is 0 Å². The maximum Gasteiger partial charge on any atom is 0.305 e. The van der Waals surface area contributed by atoms with Gasteiger partial charge in [0.15, 0.2) is 5.96 Å². The highest BCUT2D eigenvalue weighted by Crippen LogP contribution is 2.18. The number of rotatable bonds is 71. The van der Waals surface area contributed by atoms with Gasteiger partial charge in [0.2, 0.25) is 100 Å². The SMILES string of the molecule is CCCC[C@H](NC(=O)[C@H](CCC(N)=O)NC(=O)[C@H](CCCCN)NC(=O)[C@@H](C)NC(=O)[C@H](CC(C)C)NC(=O)[C@H](CC(=O)O)NCc1ccccc1)C(=O)N[C@@H](CCC(=O)O)C(=O)N[C@@H](CCC(=O)O)C(=O)N[C@@H](CCC(=O)O)C(=O)N[C@@H](C)C(=O)N[C@H](C(=O)N[C@H](CCCNC(=N)N)C(=O)N[C@@H](CC(C)C)C(=O)N[C@@H](Cc1ccccc1)C(=O)N[C@H](C(=O)N[C@@H](CCC(=O)O)C(=O)NC)[C@@H](C)CC)C(C)C. The van der Waals surface area contributed by atoms with Crippen LogP contribution >= 0.6 is 0 Å². The molecule has 49 heteroatoms. The van der Waals surface area contributed by atoms with Crippen LogP contribution in [-0.4, -0.2) is 279 Å². The maximum atomic E-state index is 14.7. The first-order chi connectivity index (χ1) is 66.8. The number of carbonyl (C=O) groups is 22. The van der Waals surface area contributed by atoms with Crippen LogP contribution in [0.4, 0.5) is 0 Å². The van der Waals surface area contributed by atoms with Crippen molar-refractivity contribution in [2.45, 2.75) is 327 Å². The molecule has 0 heterocycles. The first-order valence-electron chi connectivity index (χ1n) is 47.6. The van der Waals surface area contributed by atoms with Crippen molar-refractivity contribution >= 4 is 136 Å². The molecule has 0 spiro atoms. The Balaban J connectivity index is 2.55. The summed E-state index contributed by atoms with van der Waals surface area (Å²) >= 11 is 0. The lowest BCUT2D eigenvalue weighted by Gasteiger charge is -2.30. The third-order valence-electron chi connectivity index (χ3n) is 22.6. The lowest BCUT2D eigenvalue weighted by atomic mass is 9.96. The molecule has 2 aromatic carbocycles. The van der Waals surface area contributed by atoms with Crippen molar-refractivity contribution in [3.05, 3.63) is 71.8 Å². The van der Waals surface area contributed by atoms with Crippen LogP contribution in [0.3, 0.4) is 0 Å². The highest BCUT2D eigenvalue weighted by Gasteiger charge is 2.41. The van der Waals surface area contributed by atoms with Gasteiger partial charge in [-0.1, -0.05) is 142 Å². The fourth-order valence-corrected chi connectivity index (χ4v) is 14.4. The van der Waals surface area contributed by atoms with E-state index in [1.54, 1.807) is 109 Å². The summed E-state index contributed by atoms with van der Waals surface area (Å²) in [6.45, 7) is 17.6. The molecule has 2 aromatic rings. The Morgan fingerprint density at radius 3 is 1.02 bits per heavy atom. The Labute approximate surface area is 824 Å². The van der Waals surface area contributed by atoms with Gasteiger partial charge >= 0.3 is 29.8 Å². The first-order valence-corrected chi connectivity index (χ1v) is 47.6. The van der Waals surface area contributed by atoms with Crippen LogP contribution in [0.1, 0.15) is 229 Å². The molecule has 0 saturated carbocycles. The summed E-state index contributed by atoms with van der Waals surface area (Å²) in [5.74, 6) is -26.8. The number of primary amides is 1. The van der Waals surface area contributed by atoms with Crippen LogP contribution < -0.4 is 113 Å². The molecule has 0 aromatic heterocycles. The third-order valence-corrected chi connectivity index (χ3v) is 22.6. The fourth-order valence-electron chi connectivity index (χ4n) is 14.4. The Bertz CT molecular complexity index is 4570. The van der Waals surface area contributed by atoms with Crippen LogP contribution in [0, 0.1) is 29.1 Å². The van der Waals surface area contributed by atoms with Gasteiger partial charge in [0.25, 0.3) is 0 Å². The Morgan fingerprint density at radius 1 is 0.331 bits per heavy atom. The summed E-state index contributed by atoms with van der Waals surface area (Å²) in [7, 11) is 1.29. The molecule has 0 aliphatic carbocycles. The lowest BCUT2D eigenvalue weighted by Crippen LogP contribution is -2.61. The third kappa shape index (κ3) is 49.2. The molecule has 0 radical (unpaired) electrons. The minimum atomic E-state index is -2.02. The molecule has 17 atom stereocenters.